The van der Waals surface area contributed by atoms with Gasteiger partial charge in [-0.15, -0.1) is 0 Å². The molecular formula is C15H22N2O. The zero-order chi connectivity index (χ0) is 12.4. The summed E-state index contributed by atoms with van der Waals surface area (Å²) in [4.78, 5) is 0. The number of nitrogens with one attached hydrogen (secondary N) is 2. The SMILES string of the molecule is COc1ccc2c(c1)NC(C1CCCCC1)CN2. The highest BCUT2D eigenvalue weighted by atomic mass is 16.5. The summed E-state index contributed by atoms with van der Waals surface area (Å²) >= 11 is 0. The Hall–Kier alpha value is -1.38. The maximum Gasteiger partial charge on any atom is 0.121 e. The Morgan fingerprint density at radius 3 is 2.72 bits per heavy atom. The van der Waals surface area contributed by atoms with Crippen molar-refractivity contribution >= 4 is 11.4 Å². The molecule has 1 fully saturated rings. The predicted molar refractivity (Wildman–Crippen MR) is 75.5 cm³/mol. The molecule has 0 bridgehead atoms. The first-order valence-electron chi connectivity index (χ1n) is 7.05. The molecule has 0 spiro atoms. The summed E-state index contributed by atoms with van der Waals surface area (Å²) in [7, 11) is 1.72. The Bertz CT molecular complexity index is 413. The van der Waals surface area contributed by atoms with E-state index in [0.717, 1.165) is 18.2 Å². The Morgan fingerprint density at radius 2 is 1.94 bits per heavy atom. The minimum atomic E-state index is 0.574. The molecule has 2 N–H and O–H groups in total. The third kappa shape index (κ3) is 2.26. The van der Waals surface area contributed by atoms with E-state index in [-0.39, 0.29) is 0 Å². The molecule has 1 aromatic rings. The molecule has 1 aliphatic carbocycles. The molecule has 1 aliphatic heterocycles. The molecule has 98 valence electrons. The van der Waals surface area contributed by atoms with Crippen LogP contribution in [0.25, 0.3) is 0 Å². The standard InChI is InChI=1S/C15H22N2O/c1-18-12-7-8-13-14(9-12)17-15(10-16-13)11-5-3-2-4-6-11/h7-9,11,15-17H,2-6,10H2,1H3. The van der Waals surface area contributed by atoms with Crippen molar-refractivity contribution in [2.75, 3.05) is 24.3 Å². The first-order valence-corrected chi connectivity index (χ1v) is 7.05. The molecule has 0 aromatic heterocycles. The monoisotopic (exact) mass is 246 g/mol. The Balaban J connectivity index is 1.74. The zero-order valence-corrected chi connectivity index (χ0v) is 11.0. The molecule has 0 radical (unpaired) electrons. The number of ether oxygens (including phenoxy) is 1. The third-order valence-corrected chi connectivity index (χ3v) is 4.30. The second-order valence-corrected chi connectivity index (χ2v) is 5.44. The molecule has 3 rings (SSSR count). The number of hydrogen-bond acceptors (Lipinski definition) is 3. The van der Waals surface area contributed by atoms with Crippen LogP contribution in [0.1, 0.15) is 32.1 Å². The first-order chi connectivity index (χ1) is 8.86. The molecule has 1 saturated carbocycles. The van der Waals surface area contributed by atoms with Gasteiger partial charge >= 0.3 is 0 Å². The predicted octanol–water partition coefficient (Wildman–Crippen LogP) is 3.48. The summed E-state index contributed by atoms with van der Waals surface area (Å²) in [5, 5.41) is 7.24. The van der Waals surface area contributed by atoms with Crippen molar-refractivity contribution in [2.45, 2.75) is 38.1 Å². The molecule has 2 aliphatic rings. The van der Waals surface area contributed by atoms with Gasteiger partial charge in [0.2, 0.25) is 0 Å². The number of anilines is 2. The fourth-order valence-corrected chi connectivity index (χ4v) is 3.22. The van der Waals surface area contributed by atoms with Crippen LogP contribution in [0.4, 0.5) is 11.4 Å². The van der Waals surface area contributed by atoms with Crippen LogP contribution in [-0.4, -0.2) is 19.7 Å². The molecule has 1 heterocycles. The van der Waals surface area contributed by atoms with Gasteiger partial charge in [-0.1, -0.05) is 19.3 Å². The quantitative estimate of drug-likeness (QED) is 0.838. The topological polar surface area (TPSA) is 33.3 Å². The van der Waals surface area contributed by atoms with Gasteiger partial charge in [0.15, 0.2) is 0 Å². The van der Waals surface area contributed by atoms with Crippen molar-refractivity contribution in [3.63, 3.8) is 0 Å². The smallest absolute Gasteiger partial charge is 0.121 e. The molecule has 0 saturated heterocycles. The van der Waals surface area contributed by atoms with Gasteiger partial charge in [-0.25, -0.2) is 0 Å². The Labute approximate surface area is 109 Å². The second kappa shape index (κ2) is 5.09. The van der Waals surface area contributed by atoms with Crippen LogP contribution in [0.5, 0.6) is 5.75 Å². The molecule has 1 atom stereocenters. The van der Waals surface area contributed by atoms with Gasteiger partial charge in [0.05, 0.1) is 18.5 Å². The molecular weight excluding hydrogens is 224 g/mol. The van der Waals surface area contributed by atoms with Crippen LogP contribution in [0.3, 0.4) is 0 Å². The fraction of sp³-hybridized carbons (Fsp3) is 0.600. The molecule has 1 unspecified atom stereocenters. The normalized spacial score (nSPS) is 23.7. The summed E-state index contributed by atoms with van der Waals surface area (Å²) in [6, 6.07) is 6.77. The maximum absolute atomic E-state index is 5.29. The molecule has 3 nitrogen and oxygen atoms in total. The van der Waals surface area contributed by atoms with Crippen molar-refractivity contribution in [3.05, 3.63) is 18.2 Å². The summed E-state index contributed by atoms with van der Waals surface area (Å²) < 4.78 is 5.29. The summed E-state index contributed by atoms with van der Waals surface area (Å²) in [6.45, 7) is 1.05. The lowest BCUT2D eigenvalue weighted by Gasteiger charge is -2.36. The van der Waals surface area contributed by atoms with E-state index < -0.39 is 0 Å². The molecule has 0 amide bonds. The fourth-order valence-electron chi connectivity index (χ4n) is 3.22. The highest BCUT2D eigenvalue weighted by Gasteiger charge is 2.26. The summed E-state index contributed by atoms with van der Waals surface area (Å²) in [5.74, 6) is 1.75. The van der Waals surface area contributed by atoms with Gasteiger partial charge in [-0.05, 0) is 30.9 Å². The average Bonchev–Trinajstić information content (AvgIpc) is 2.47. The van der Waals surface area contributed by atoms with Crippen LogP contribution < -0.4 is 15.4 Å². The lowest BCUT2D eigenvalue weighted by molar-refractivity contribution is 0.322. The number of hydrogen-bond donors (Lipinski definition) is 2. The lowest BCUT2D eigenvalue weighted by atomic mass is 9.83. The van der Waals surface area contributed by atoms with Gasteiger partial charge in [0.1, 0.15) is 5.75 Å². The van der Waals surface area contributed by atoms with Gasteiger partial charge in [-0.3, -0.25) is 0 Å². The number of benzene rings is 1. The third-order valence-electron chi connectivity index (χ3n) is 4.30. The van der Waals surface area contributed by atoms with Crippen molar-refractivity contribution in [3.8, 4) is 5.75 Å². The van der Waals surface area contributed by atoms with E-state index in [1.165, 1.54) is 43.5 Å². The largest absolute Gasteiger partial charge is 0.497 e. The minimum Gasteiger partial charge on any atom is -0.497 e. The highest BCUT2D eigenvalue weighted by molar-refractivity contribution is 5.73. The van der Waals surface area contributed by atoms with E-state index in [0.29, 0.717) is 6.04 Å². The van der Waals surface area contributed by atoms with Crippen molar-refractivity contribution in [2.24, 2.45) is 5.92 Å². The maximum atomic E-state index is 5.29. The van der Waals surface area contributed by atoms with Crippen LogP contribution >= 0.6 is 0 Å². The van der Waals surface area contributed by atoms with Crippen molar-refractivity contribution in [1.82, 2.24) is 0 Å². The van der Waals surface area contributed by atoms with Crippen LogP contribution in [0.2, 0.25) is 0 Å². The molecule has 3 heteroatoms. The van der Waals surface area contributed by atoms with Crippen LogP contribution in [0.15, 0.2) is 18.2 Å². The van der Waals surface area contributed by atoms with Crippen LogP contribution in [-0.2, 0) is 0 Å². The Kier molecular flexibility index (Phi) is 3.31. The Morgan fingerprint density at radius 1 is 1.11 bits per heavy atom. The van der Waals surface area contributed by atoms with Crippen molar-refractivity contribution < 1.29 is 4.74 Å². The summed E-state index contributed by atoms with van der Waals surface area (Å²) in [6.07, 6.45) is 6.96. The van der Waals surface area contributed by atoms with Crippen molar-refractivity contribution in [1.29, 1.82) is 0 Å². The van der Waals surface area contributed by atoms with Gasteiger partial charge in [0, 0.05) is 18.7 Å². The zero-order valence-electron chi connectivity index (χ0n) is 11.0. The summed E-state index contributed by atoms with van der Waals surface area (Å²) in [5.41, 5.74) is 2.39. The van der Waals surface area contributed by atoms with E-state index in [9.17, 15) is 0 Å². The molecule has 18 heavy (non-hydrogen) atoms. The van der Waals surface area contributed by atoms with E-state index >= 15 is 0 Å². The van der Waals surface area contributed by atoms with E-state index in [1.807, 2.05) is 6.07 Å². The lowest BCUT2D eigenvalue weighted by Crippen LogP contribution is -2.39. The highest BCUT2D eigenvalue weighted by Crippen LogP contribution is 2.35. The molecule has 1 aromatic carbocycles. The van der Waals surface area contributed by atoms with Gasteiger partial charge in [-0.2, -0.15) is 0 Å². The number of methoxy groups -OCH3 is 1. The van der Waals surface area contributed by atoms with Gasteiger partial charge < -0.3 is 15.4 Å². The van der Waals surface area contributed by atoms with Crippen LogP contribution in [0, 0.1) is 5.92 Å². The minimum absolute atomic E-state index is 0.574. The van der Waals surface area contributed by atoms with E-state index in [4.69, 9.17) is 4.74 Å². The number of rotatable bonds is 2. The first kappa shape index (κ1) is 11.7. The average molecular weight is 246 g/mol. The second-order valence-electron chi connectivity index (χ2n) is 5.44. The van der Waals surface area contributed by atoms with E-state index in [1.54, 1.807) is 7.11 Å². The van der Waals surface area contributed by atoms with E-state index in [2.05, 4.69) is 22.8 Å². The van der Waals surface area contributed by atoms with Gasteiger partial charge in [0.25, 0.3) is 0 Å². The number of fused-ring (bicyclic) bond motifs is 1.